The van der Waals surface area contributed by atoms with Gasteiger partial charge in [0.1, 0.15) is 0 Å². The number of rotatable bonds is 15. The molecule has 6 nitrogen and oxygen atoms in total. The Bertz CT molecular complexity index is 1160. The molecule has 2 N–H and O–H groups in total. The maximum atomic E-state index is 13.1. The second-order valence-corrected chi connectivity index (χ2v) is 11.0. The standard InChI is InChI=1S/C35H44N4O2/c40-34(20-19-31-17-11-21-36-27-31)37-22-9-1-2-10-23-38-35(41)32-18-12-24-39(28-32)33(25-29-13-5-3-6-14-29)26-30-15-7-4-8-16-30/h3-8,11,13-17,19-21,27,32-33H,1-2,9-10,12,18,22-26,28H2,(H,37,40)(H,38,41). The number of nitrogens with one attached hydrogen (secondary N) is 2. The fourth-order valence-corrected chi connectivity index (χ4v) is 5.53. The van der Waals surface area contributed by atoms with Gasteiger partial charge < -0.3 is 10.6 Å². The third-order valence-corrected chi connectivity index (χ3v) is 7.78. The average molecular weight is 553 g/mol. The van der Waals surface area contributed by atoms with E-state index >= 15 is 0 Å². The molecule has 1 unspecified atom stereocenters. The summed E-state index contributed by atoms with van der Waals surface area (Å²) in [5, 5.41) is 6.13. The Morgan fingerprint density at radius 3 is 2.15 bits per heavy atom. The number of hydrogen-bond acceptors (Lipinski definition) is 4. The monoisotopic (exact) mass is 552 g/mol. The van der Waals surface area contributed by atoms with Crippen molar-refractivity contribution in [3.05, 3.63) is 108 Å². The van der Waals surface area contributed by atoms with Gasteiger partial charge in [0.05, 0.1) is 5.92 Å². The number of aromatic nitrogens is 1. The summed E-state index contributed by atoms with van der Waals surface area (Å²) in [7, 11) is 0. The Balaban J connectivity index is 1.14. The first kappa shape index (κ1) is 30.2. The number of likely N-dealkylation sites (tertiary alicyclic amines) is 1. The molecule has 41 heavy (non-hydrogen) atoms. The van der Waals surface area contributed by atoms with E-state index in [1.807, 2.05) is 12.1 Å². The van der Waals surface area contributed by atoms with E-state index in [0.717, 1.165) is 70.0 Å². The Morgan fingerprint density at radius 2 is 1.51 bits per heavy atom. The fraction of sp³-hybridized carbons (Fsp3) is 0.400. The van der Waals surface area contributed by atoms with Crippen LogP contribution in [0.25, 0.3) is 6.08 Å². The van der Waals surface area contributed by atoms with Crippen LogP contribution in [0.5, 0.6) is 0 Å². The molecule has 2 heterocycles. The largest absolute Gasteiger partial charge is 0.356 e. The molecule has 0 bridgehead atoms. The molecule has 6 heteroatoms. The zero-order valence-electron chi connectivity index (χ0n) is 24.1. The van der Waals surface area contributed by atoms with Crippen LogP contribution < -0.4 is 10.6 Å². The first-order chi connectivity index (χ1) is 20.2. The van der Waals surface area contributed by atoms with Gasteiger partial charge in [-0.15, -0.1) is 0 Å². The van der Waals surface area contributed by atoms with E-state index in [1.165, 1.54) is 11.1 Å². The highest BCUT2D eigenvalue weighted by Gasteiger charge is 2.30. The molecule has 0 saturated carbocycles. The minimum absolute atomic E-state index is 0.0488. The Labute approximate surface area is 245 Å². The van der Waals surface area contributed by atoms with Crippen molar-refractivity contribution in [2.75, 3.05) is 26.2 Å². The number of nitrogens with zero attached hydrogens (tertiary/aromatic N) is 2. The van der Waals surface area contributed by atoms with Crippen LogP contribution in [0.3, 0.4) is 0 Å². The van der Waals surface area contributed by atoms with Crippen LogP contribution >= 0.6 is 0 Å². The van der Waals surface area contributed by atoms with Gasteiger partial charge >= 0.3 is 0 Å². The van der Waals surface area contributed by atoms with Gasteiger partial charge in [-0.1, -0.05) is 79.6 Å². The van der Waals surface area contributed by atoms with Crippen LogP contribution in [0.1, 0.15) is 55.2 Å². The van der Waals surface area contributed by atoms with Crippen molar-refractivity contribution in [1.29, 1.82) is 0 Å². The lowest BCUT2D eigenvalue weighted by Crippen LogP contribution is -2.48. The number of unbranched alkanes of at least 4 members (excludes halogenated alkanes) is 3. The van der Waals surface area contributed by atoms with Crippen LogP contribution in [-0.2, 0) is 22.4 Å². The molecule has 4 rings (SSSR count). The summed E-state index contributed by atoms with van der Waals surface area (Å²) in [4.78, 5) is 31.6. The van der Waals surface area contributed by atoms with Crippen molar-refractivity contribution in [2.24, 2.45) is 5.92 Å². The van der Waals surface area contributed by atoms with Crippen molar-refractivity contribution in [3.63, 3.8) is 0 Å². The molecule has 216 valence electrons. The molecule has 1 fully saturated rings. The normalized spacial score (nSPS) is 15.7. The lowest BCUT2D eigenvalue weighted by molar-refractivity contribution is -0.127. The predicted octanol–water partition coefficient (Wildman–Crippen LogP) is 5.45. The number of hydrogen-bond donors (Lipinski definition) is 2. The van der Waals surface area contributed by atoms with Crippen LogP contribution in [-0.4, -0.2) is 53.9 Å². The summed E-state index contributed by atoms with van der Waals surface area (Å²) >= 11 is 0. The summed E-state index contributed by atoms with van der Waals surface area (Å²) in [5.74, 6) is 0.158. The van der Waals surface area contributed by atoms with Crippen LogP contribution in [0.15, 0.2) is 91.3 Å². The number of carbonyl (C=O) groups excluding carboxylic acids is 2. The Kier molecular flexibility index (Phi) is 12.6. The van der Waals surface area contributed by atoms with Crippen molar-refractivity contribution in [2.45, 2.75) is 57.4 Å². The van der Waals surface area contributed by atoms with E-state index in [9.17, 15) is 9.59 Å². The maximum Gasteiger partial charge on any atom is 0.243 e. The highest BCUT2D eigenvalue weighted by atomic mass is 16.2. The molecule has 1 aliphatic rings. The molecule has 1 aromatic heterocycles. The molecule has 3 aromatic rings. The second-order valence-electron chi connectivity index (χ2n) is 11.0. The van der Waals surface area contributed by atoms with E-state index in [1.54, 1.807) is 24.5 Å². The van der Waals surface area contributed by atoms with Gasteiger partial charge in [-0.05, 0) is 73.9 Å². The van der Waals surface area contributed by atoms with Crippen molar-refractivity contribution in [1.82, 2.24) is 20.5 Å². The minimum atomic E-state index is -0.0857. The molecule has 1 aliphatic heterocycles. The summed E-state index contributed by atoms with van der Waals surface area (Å²) in [5.41, 5.74) is 3.60. The fourth-order valence-electron chi connectivity index (χ4n) is 5.53. The second kappa shape index (κ2) is 17.1. The van der Waals surface area contributed by atoms with E-state index in [-0.39, 0.29) is 17.7 Å². The van der Waals surface area contributed by atoms with Gasteiger partial charge in [-0.3, -0.25) is 19.5 Å². The molecule has 0 radical (unpaired) electrons. The molecule has 2 aromatic carbocycles. The number of benzene rings is 2. The number of amides is 2. The summed E-state index contributed by atoms with van der Waals surface area (Å²) in [6, 6.07) is 25.6. The van der Waals surface area contributed by atoms with Gasteiger partial charge in [0.2, 0.25) is 11.8 Å². The molecule has 1 atom stereocenters. The lowest BCUT2D eigenvalue weighted by atomic mass is 9.91. The first-order valence-electron chi connectivity index (χ1n) is 15.1. The van der Waals surface area contributed by atoms with Crippen LogP contribution in [0.2, 0.25) is 0 Å². The SMILES string of the molecule is O=C(C=Cc1cccnc1)NCCCCCCNC(=O)C1CCCN(C(Cc2ccccc2)Cc2ccccc2)C1. The van der Waals surface area contributed by atoms with E-state index in [2.05, 4.69) is 81.2 Å². The van der Waals surface area contributed by atoms with E-state index < -0.39 is 0 Å². The van der Waals surface area contributed by atoms with Crippen LogP contribution in [0, 0.1) is 5.92 Å². The average Bonchev–Trinajstić information content (AvgIpc) is 3.02. The van der Waals surface area contributed by atoms with Gasteiger partial charge in [0.15, 0.2) is 0 Å². The maximum absolute atomic E-state index is 13.1. The Morgan fingerprint density at radius 1 is 0.854 bits per heavy atom. The third-order valence-electron chi connectivity index (χ3n) is 7.78. The molecule has 0 aliphatic carbocycles. The van der Waals surface area contributed by atoms with Crippen LogP contribution in [0.4, 0.5) is 0 Å². The lowest BCUT2D eigenvalue weighted by Gasteiger charge is -2.38. The molecular formula is C35H44N4O2. The third kappa shape index (κ3) is 11.0. The van der Waals surface area contributed by atoms with E-state index in [4.69, 9.17) is 0 Å². The highest BCUT2D eigenvalue weighted by Crippen LogP contribution is 2.23. The topological polar surface area (TPSA) is 74.3 Å². The van der Waals surface area contributed by atoms with Gasteiger partial charge in [0.25, 0.3) is 0 Å². The zero-order chi connectivity index (χ0) is 28.5. The van der Waals surface area contributed by atoms with Crippen molar-refractivity contribution in [3.8, 4) is 0 Å². The molecule has 0 spiro atoms. The van der Waals surface area contributed by atoms with Crippen molar-refractivity contribution >= 4 is 17.9 Å². The molecule has 2 amide bonds. The first-order valence-corrected chi connectivity index (χ1v) is 15.1. The highest BCUT2D eigenvalue weighted by molar-refractivity contribution is 5.91. The number of pyridine rings is 1. The summed E-state index contributed by atoms with van der Waals surface area (Å²) < 4.78 is 0. The van der Waals surface area contributed by atoms with Gasteiger partial charge in [-0.25, -0.2) is 0 Å². The zero-order valence-corrected chi connectivity index (χ0v) is 24.1. The number of piperidine rings is 1. The van der Waals surface area contributed by atoms with Gasteiger partial charge in [-0.2, -0.15) is 0 Å². The summed E-state index contributed by atoms with van der Waals surface area (Å²) in [6.07, 6.45) is 14.7. The quantitative estimate of drug-likeness (QED) is 0.194. The predicted molar refractivity (Wildman–Crippen MR) is 166 cm³/mol. The molecule has 1 saturated heterocycles. The summed E-state index contributed by atoms with van der Waals surface area (Å²) in [6.45, 7) is 3.25. The number of carbonyl (C=O) groups is 2. The van der Waals surface area contributed by atoms with E-state index in [0.29, 0.717) is 19.1 Å². The molecular weight excluding hydrogens is 508 g/mol. The smallest absolute Gasteiger partial charge is 0.243 e. The minimum Gasteiger partial charge on any atom is -0.356 e. The Hall–Kier alpha value is -3.77. The van der Waals surface area contributed by atoms with Gasteiger partial charge in [0, 0.05) is 44.1 Å². The van der Waals surface area contributed by atoms with Crippen molar-refractivity contribution < 1.29 is 9.59 Å².